The second kappa shape index (κ2) is 9.73. The van der Waals surface area contributed by atoms with E-state index in [0.29, 0.717) is 28.9 Å². The molecule has 0 aliphatic carbocycles. The summed E-state index contributed by atoms with van der Waals surface area (Å²) in [4.78, 5) is 20.8. The summed E-state index contributed by atoms with van der Waals surface area (Å²) in [6.07, 6.45) is 1.13. The fourth-order valence-corrected chi connectivity index (χ4v) is 2.73. The summed E-state index contributed by atoms with van der Waals surface area (Å²) in [6, 6.07) is 3.39. The smallest absolute Gasteiger partial charge is 0.308 e. The number of halogens is 1. The summed E-state index contributed by atoms with van der Waals surface area (Å²) in [5, 5.41) is 13.5. The van der Waals surface area contributed by atoms with Gasteiger partial charge >= 0.3 is 11.8 Å². The first-order valence-electron chi connectivity index (χ1n) is 9.40. The van der Waals surface area contributed by atoms with Crippen LogP contribution in [0.2, 0.25) is 0 Å². The van der Waals surface area contributed by atoms with Gasteiger partial charge in [-0.05, 0) is 19.1 Å². The molecule has 0 saturated carbocycles. The van der Waals surface area contributed by atoms with Crippen LogP contribution in [0.5, 0.6) is 11.5 Å². The van der Waals surface area contributed by atoms with E-state index >= 15 is 0 Å². The van der Waals surface area contributed by atoms with Gasteiger partial charge in [0.25, 0.3) is 0 Å². The third kappa shape index (κ3) is 5.09. The second-order valence-corrected chi connectivity index (χ2v) is 6.51. The number of nitrogen functional groups attached to an aromatic ring is 1. The fraction of sp³-hybridized carbons (Fsp3) is 0.250. The van der Waals surface area contributed by atoms with Crippen molar-refractivity contribution in [2.75, 3.05) is 38.4 Å². The minimum atomic E-state index is -0.588. The van der Waals surface area contributed by atoms with Crippen molar-refractivity contribution in [1.29, 1.82) is 0 Å². The number of ether oxygens (including phenoxy) is 2. The summed E-state index contributed by atoms with van der Waals surface area (Å²) in [7, 11) is 3.05. The van der Waals surface area contributed by atoms with Crippen LogP contribution >= 0.6 is 0 Å². The molecule has 0 unspecified atom stereocenters. The van der Waals surface area contributed by atoms with E-state index in [-0.39, 0.29) is 35.7 Å². The number of benzene rings is 1. The number of fused-ring (bicyclic) bond motifs is 1. The molecule has 11 nitrogen and oxygen atoms in total. The van der Waals surface area contributed by atoms with Gasteiger partial charge in [0.15, 0.2) is 11.5 Å². The van der Waals surface area contributed by atoms with Gasteiger partial charge in [-0.3, -0.25) is 4.79 Å². The number of nitrogens with one attached hydrogen (secondary N) is 2. The number of methoxy groups -OCH3 is 2. The zero-order chi connectivity index (χ0) is 23.3. The van der Waals surface area contributed by atoms with E-state index in [1.807, 2.05) is 0 Å². The molecule has 1 aromatic carbocycles. The maximum Gasteiger partial charge on any atom is 0.308 e. The summed E-state index contributed by atoms with van der Waals surface area (Å²) in [5.74, 6) is 0.197. The third-order valence-corrected chi connectivity index (χ3v) is 4.19. The molecule has 0 radical (unpaired) electrons. The topological polar surface area (TPSA) is 150 Å². The average Bonchev–Trinajstić information content (AvgIpc) is 3.26. The lowest BCUT2D eigenvalue weighted by Crippen LogP contribution is -2.29. The molecule has 3 aromatic rings. The van der Waals surface area contributed by atoms with Crippen LogP contribution in [-0.4, -0.2) is 53.4 Å². The van der Waals surface area contributed by atoms with E-state index in [0.717, 1.165) is 6.08 Å². The molecule has 0 fully saturated rings. The van der Waals surface area contributed by atoms with Gasteiger partial charge in [0.1, 0.15) is 5.82 Å². The molecule has 0 spiro atoms. The van der Waals surface area contributed by atoms with E-state index in [9.17, 15) is 9.18 Å². The first-order chi connectivity index (χ1) is 15.3. The maximum atomic E-state index is 12.9. The predicted molar refractivity (Wildman–Crippen MR) is 116 cm³/mol. The Kier molecular flexibility index (Phi) is 6.83. The number of rotatable bonds is 9. The Morgan fingerprint density at radius 3 is 2.56 bits per heavy atom. The van der Waals surface area contributed by atoms with E-state index in [4.69, 9.17) is 19.6 Å². The van der Waals surface area contributed by atoms with Gasteiger partial charge in [0, 0.05) is 30.1 Å². The lowest BCUT2D eigenvalue weighted by molar-refractivity contribution is 0.0920. The third-order valence-electron chi connectivity index (χ3n) is 4.19. The molecule has 0 bridgehead atoms. The summed E-state index contributed by atoms with van der Waals surface area (Å²) in [5.41, 5.74) is 6.77. The normalized spacial score (nSPS) is 11.3. The van der Waals surface area contributed by atoms with Gasteiger partial charge in [0.05, 0.1) is 25.6 Å². The number of nitrogens with zero attached hydrogens (tertiary/aromatic N) is 4. The van der Waals surface area contributed by atoms with Gasteiger partial charge in [-0.15, -0.1) is 10.2 Å². The number of aromatic nitrogens is 4. The lowest BCUT2D eigenvalue weighted by Gasteiger charge is -2.11. The molecule has 0 aliphatic rings. The van der Waals surface area contributed by atoms with Crippen molar-refractivity contribution in [2.24, 2.45) is 0 Å². The highest BCUT2D eigenvalue weighted by atomic mass is 19.1. The van der Waals surface area contributed by atoms with Crippen molar-refractivity contribution in [3.8, 4) is 11.5 Å². The zero-order valence-corrected chi connectivity index (χ0v) is 17.7. The van der Waals surface area contributed by atoms with Crippen LogP contribution in [0, 0.1) is 0 Å². The molecular weight excluding hydrogens is 421 g/mol. The van der Waals surface area contributed by atoms with Crippen LogP contribution in [0.15, 0.2) is 35.0 Å². The highest BCUT2D eigenvalue weighted by Crippen LogP contribution is 2.33. The Hall–Kier alpha value is -4.22. The Labute approximate surface area is 182 Å². The van der Waals surface area contributed by atoms with Crippen molar-refractivity contribution in [2.45, 2.75) is 6.92 Å². The SMILES string of the molecule is C=C(/C=C(\C)F)c1nnc(C(=O)NCCNc2nc(N)c3cc(OC)c(OC)cc3n2)o1. The minimum absolute atomic E-state index is 0.0441. The van der Waals surface area contributed by atoms with Crippen molar-refractivity contribution >= 4 is 34.1 Å². The first kappa shape index (κ1) is 22.5. The Morgan fingerprint density at radius 2 is 1.88 bits per heavy atom. The van der Waals surface area contributed by atoms with Crippen LogP contribution in [0.4, 0.5) is 16.2 Å². The number of anilines is 2. The minimum Gasteiger partial charge on any atom is -0.493 e. The number of hydrogen-bond acceptors (Lipinski definition) is 10. The van der Waals surface area contributed by atoms with Gasteiger partial charge < -0.3 is 30.3 Å². The van der Waals surface area contributed by atoms with E-state index in [2.05, 4.69) is 37.4 Å². The number of carbonyl (C=O) groups excluding carboxylic acids is 1. The zero-order valence-electron chi connectivity index (χ0n) is 17.7. The van der Waals surface area contributed by atoms with E-state index in [1.165, 1.54) is 21.1 Å². The van der Waals surface area contributed by atoms with Crippen molar-refractivity contribution in [3.05, 3.63) is 42.4 Å². The maximum absolute atomic E-state index is 12.9. The van der Waals surface area contributed by atoms with Crippen LogP contribution in [-0.2, 0) is 0 Å². The standard InChI is InChI=1S/C20H22FN7O4/c1-10(7-11(2)21)18-27-28-19(32-18)17(29)23-5-6-24-20-25-13-9-15(31-4)14(30-3)8-12(13)16(22)26-20/h7-9H,1,5-6H2,2-4H3,(H,23,29)(H3,22,24,25,26)/b11-7+. The highest BCUT2D eigenvalue weighted by molar-refractivity contribution is 5.92. The van der Waals surface area contributed by atoms with Gasteiger partial charge in [-0.2, -0.15) is 4.98 Å². The Morgan fingerprint density at radius 1 is 1.19 bits per heavy atom. The molecule has 0 atom stereocenters. The van der Waals surface area contributed by atoms with Gasteiger partial charge in [0.2, 0.25) is 11.8 Å². The number of carbonyl (C=O) groups is 1. The summed E-state index contributed by atoms with van der Waals surface area (Å²) < 4.78 is 28.7. The molecule has 1 amide bonds. The molecule has 168 valence electrons. The van der Waals surface area contributed by atoms with Crippen LogP contribution in [0.1, 0.15) is 23.5 Å². The van der Waals surface area contributed by atoms with Crippen LogP contribution in [0.25, 0.3) is 16.5 Å². The molecule has 2 aromatic heterocycles. The van der Waals surface area contributed by atoms with E-state index in [1.54, 1.807) is 12.1 Å². The monoisotopic (exact) mass is 443 g/mol. The summed E-state index contributed by atoms with van der Waals surface area (Å²) in [6.45, 7) is 5.35. The lowest BCUT2D eigenvalue weighted by atomic mass is 10.2. The molecular formula is C20H22FN7O4. The highest BCUT2D eigenvalue weighted by Gasteiger charge is 2.16. The van der Waals surface area contributed by atoms with Gasteiger partial charge in [-0.25, -0.2) is 9.37 Å². The molecule has 0 saturated heterocycles. The van der Waals surface area contributed by atoms with Crippen molar-refractivity contribution in [3.63, 3.8) is 0 Å². The van der Waals surface area contributed by atoms with Crippen molar-refractivity contribution < 1.29 is 23.1 Å². The first-order valence-corrected chi connectivity index (χ1v) is 9.40. The molecule has 2 heterocycles. The van der Waals surface area contributed by atoms with Crippen LogP contribution in [0.3, 0.4) is 0 Å². The number of nitrogens with two attached hydrogens (primary N) is 1. The number of allylic oxidation sites excluding steroid dienone is 3. The predicted octanol–water partition coefficient (Wildman–Crippen LogP) is 2.34. The van der Waals surface area contributed by atoms with Crippen molar-refractivity contribution in [1.82, 2.24) is 25.5 Å². The molecule has 32 heavy (non-hydrogen) atoms. The molecule has 3 rings (SSSR count). The fourth-order valence-electron chi connectivity index (χ4n) is 2.73. The second-order valence-electron chi connectivity index (χ2n) is 6.51. The molecule has 4 N–H and O–H groups in total. The molecule has 12 heteroatoms. The summed E-state index contributed by atoms with van der Waals surface area (Å²) >= 11 is 0. The Balaban J connectivity index is 1.59. The molecule has 0 aliphatic heterocycles. The van der Waals surface area contributed by atoms with Crippen LogP contribution < -0.4 is 25.8 Å². The van der Waals surface area contributed by atoms with E-state index < -0.39 is 11.7 Å². The number of amides is 1. The van der Waals surface area contributed by atoms with Gasteiger partial charge in [-0.1, -0.05) is 6.58 Å². The average molecular weight is 443 g/mol. The quantitative estimate of drug-likeness (QED) is 0.332. The number of hydrogen-bond donors (Lipinski definition) is 3. The largest absolute Gasteiger partial charge is 0.493 e. The Bertz CT molecular complexity index is 1190.